The van der Waals surface area contributed by atoms with E-state index in [1.807, 2.05) is 33.8 Å². The van der Waals surface area contributed by atoms with E-state index in [4.69, 9.17) is 11.6 Å². The van der Waals surface area contributed by atoms with Crippen LogP contribution in [0.5, 0.6) is 0 Å². The summed E-state index contributed by atoms with van der Waals surface area (Å²) in [5, 5.41) is 3.64. The van der Waals surface area contributed by atoms with E-state index >= 15 is 0 Å². The van der Waals surface area contributed by atoms with Gasteiger partial charge in [-0.2, -0.15) is 0 Å². The van der Waals surface area contributed by atoms with Crippen molar-refractivity contribution in [2.75, 3.05) is 13.1 Å². The van der Waals surface area contributed by atoms with Gasteiger partial charge in [0.05, 0.1) is 17.3 Å². The van der Waals surface area contributed by atoms with Crippen LogP contribution in [0.1, 0.15) is 31.9 Å². The van der Waals surface area contributed by atoms with E-state index in [0.29, 0.717) is 17.5 Å². The SMILES string of the molecule is CCCN(CC1CC1)C(=O)NCc1cn2cc(Cl)ccc2n1. The number of carbonyl (C=O) groups excluding carboxylic acids is 1. The van der Waals surface area contributed by atoms with Gasteiger partial charge in [0.2, 0.25) is 0 Å². The Morgan fingerprint density at radius 3 is 3.00 bits per heavy atom. The average molecular weight is 321 g/mol. The second-order valence-electron chi connectivity index (χ2n) is 5.89. The molecule has 118 valence electrons. The Hall–Kier alpha value is -1.75. The summed E-state index contributed by atoms with van der Waals surface area (Å²) in [4.78, 5) is 18.7. The Morgan fingerprint density at radius 1 is 1.45 bits per heavy atom. The Morgan fingerprint density at radius 2 is 2.27 bits per heavy atom. The maximum atomic E-state index is 12.3. The van der Waals surface area contributed by atoms with Crippen molar-refractivity contribution < 1.29 is 4.79 Å². The van der Waals surface area contributed by atoms with Gasteiger partial charge in [0.15, 0.2) is 0 Å². The lowest BCUT2D eigenvalue weighted by Gasteiger charge is -2.22. The van der Waals surface area contributed by atoms with Gasteiger partial charge in [0, 0.05) is 25.5 Å². The number of fused-ring (bicyclic) bond motifs is 1. The molecule has 22 heavy (non-hydrogen) atoms. The summed E-state index contributed by atoms with van der Waals surface area (Å²) in [6.45, 7) is 4.21. The number of hydrogen-bond acceptors (Lipinski definition) is 2. The minimum absolute atomic E-state index is 0.00355. The van der Waals surface area contributed by atoms with Crippen molar-refractivity contribution in [2.24, 2.45) is 5.92 Å². The molecule has 1 saturated carbocycles. The summed E-state index contributed by atoms with van der Waals surface area (Å²) in [7, 11) is 0. The zero-order valence-corrected chi connectivity index (χ0v) is 13.5. The van der Waals surface area contributed by atoms with Gasteiger partial charge in [-0.1, -0.05) is 18.5 Å². The number of carbonyl (C=O) groups is 1. The normalized spacial score (nSPS) is 14.3. The topological polar surface area (TPSA) is 49.6 Å². The Kier molecular flexibility index (Phi) is 4.52. The van der Waals surface area contributed by atoms with Crippen molar-refractivity contribution in [3.05, 3.63) is 35.2 Å². The molecule has 1 aliphatic carbocycles. The van der Waals surface area contributed by atoms with E-state index in [-0.39, 0.29) is 6.03 Å². The lowest BCUT2D eigenvalue weighted by atomic mass is 10.3. The number of amides is 2. The monoisotopic (exact) mass is 320 g/mol. The molecule has 2 aromatic heterocycles. The standard InChI is InChI=1S/C16H21ClN4O/c1-2-7-20(9-12-3-4-12)16(22)18-8-14-11-21-10-13(17)5-6-15(21)19-14/h5-6,10-12H,2-4,7-9H2,1H3,(H,18,22). The Labute approximate surface area is 135 Å². The molecule has 0 aromatic carbocycles. The van der Waals surface area contributed by atoms with E-state index in [1.54, 1.807) is 0 Å². The summed E-state index contributed by atoms with van der Waals surface area (Å²) in [6, 6.07) is 3.68. The van der Waals surface area contributed by atoms with Gasteiger partial charge in [-0.05, 0) is 37.3 Å². The van der Waals surface area contributed by atoms with Crippen LogP contribution in [-0.2, 0) is 6.54 Å². The fourth-order valence-electron chi connectivity index (χ4n) is 2.54. The van der Waals surface area contributed by atoms with Gasteiger partial charge in [0.1, 0.15) is 5.65 Å². The molecule has 1 aliphatic rings. The highest BCUT2D eigenvalue weighted by atomic mass is 35.5. The average Bonchev–Trinajstić information content (AvgIpc) is 3.22. The quantitative estimate of drug-likeness (QED) is 0.887. The molecule has 0 atom stereocenters. The van der Waals surface area contributed by atoms with Crippen molar-refractivity contribution in [1.29, 1.82) is 0 Å². The van der Waals surface area contributed by atoms with Crippen LogP contribution in [0.3, 0.4) is 0 Å². The highest BCUT2D eigenvalue weighted by molar-refractivity contribution is 6.30. The largest absolute Gasteiger partial charge is 0.332 e. The molecule has 2 amide bonds. The van der Waals surface area contributed by atoms with Crippen molar-refractivity contribution in [3.8, 4) is 0 Å². The van der Waals surface area contributed by atoms with E-state index in [0.717, 1.165) is 30.9 Å². The highest BCUT2D eigenvalue weighted by Crippen LogP contribution is 2.29. The molecule has 0 bridgehead atoms. The smallest absolute Gasteiger partial charge is 0.317 e. The number of urea groups is 1. The highest BCUT2D eigenvalue weighted by Gasteiger charge is 2.26. The van der Waals surface area contributed by atoms with Gasteiger partial charge in [-0.3, -0.25) is 0 Å². The predicted molar refractivity (Wildman–Crippen MR) is 87.0 cm³/mol. The molecule has 2 heterocycles. The number of nitrogens with one attached hydrogen (secondary N) is 1. The molecular weight excluding hydrogens is 300 g/mol. The van der Waals surface area contributed by atoms with Gasteiger partial charge in [-0.15, -0.1) is 0 Å². The van der Waals surface area contributed by atoms with Crippen molar-refractivity contribution in [1.82, 2.24) is 19.6 Å². The lowest BCUT2D eigenvalue weighted by molar-refractivity contribution is 0.194. The Bertz CT molecular complexity index is 665. The van der Waals surface area contributed by atoms with E-state index in [9.17, 15) is 4.79 Å². The first-order chi connectivity index (χ1) is 10.7. The zero-order valence-electron chi connectivity index (χ0n) is 12.8. The second-order valence-corrected chi connectivity index (χ2v) is 6.33. The summed E-state index contributed by atoms with van der Waals surface area (Å²) in [5.41, 5.74) is 1.66. The molecule has 5 nitrogen and oxygen atoms in total. The van der Waals surface area contributed by atoms with Gasteiger partial charge < -0.3 is 14.6 Å². The third kappa shape index (κ3) is 3.71. The molecule has 1 N–H and O–H groups in total. The molecule has 6 heteroatoms. The summed E-state index contributed by atoms with van der Waals surface area (Å²) >= 11 is 5.96. The third-order valence-electron chi connectivity index (χ3n) is 3.84. The number of pyridine rings is 1. The predicted octanol–water partition coefficient (Wildman–Crippen LogP) is 3.32. The van der Waals surface area contributed by atoms with Crippen molar-refractivity contribution >= 4 is 23.3 Å². The first-order valence-corrected chi connectivity index (χ1v) is 8.19. The van der Waals surface area contributed by atoms with Crippen molar-refractivity contribution in [2.45, 2.75) is 32.7 Å². The lowest BCUT2D eigenvalue weighted by Crippen LogP contribution is -2.41. The van der Waals surface area contributed by atoms with Crippen LogP contribution in [0, 0.1) is 5.92 Å². The molecule has 0 aliphatic heterocycles. The van der Waals surface area contributed by atoms with E-state index < -0.39 is 0 Å². The van der Waals surface area contributed by atoms with Crippen LogP contribution in [0.15, 0.2) is 24.5 Å². The van der Waals surface area contributed by atoms with E-state index in [1.165, 1.54) is 12.8 Å². The molecule has 0 radical (unpaired) electrons. The zero-order chi connectivity index (χ0) is 15.5. The van der Waals surface area contributed by atoms with Crippen molar-refractivity contribution in [3.63, 3.8) is 0 Å². The molecule has 0 saturated heterocycles. The summed E-state index contributed by atoms with van der Waals surface area (Å²) in [5.74, 6) is 0.703. The minimum Gasteiger partial charge on any atom is -0.332 e. The number of halogens is 1. The third-order valence-corrected chi connectivity index (χ3v) is 4.07. The molecule has 1 fully saturated rings. The minimum atomic E-state index is 0.00355. The molecule has 3 rings (SSSR count). The molecular formula is C16H21ClN4O. The summed E-state index contributed by atoms with van der Waals surface area (Å²) < 4.78 is 1.87. The maximum absolute atomic E-state index is 12.3. The summed E-state index contributed by atoms with van der Waals surface area (Å²) in [6.07, 6.45) is 7.19. The van der Waals surface area contributed by atoms with Crippen LogP contribution in [0.2, 0.25) is 5.02 Å². The first-order valence-electron chi connectivity index (χ1n) is 7.81. The molecule has 0 spiro atoms. The number of nitrogens with zero attached hydrogens (tertiary/aromatic N) is 3. The fourth-order valence-corrected chi connectivity index (χ4v) is 2.71. The van der Waals surface area contributed by atoms with E-state index in [2.05, 4.69) is 17.2 Å². The fraction of sp³-hybridized carbons (Fsp3) is 0.500. The number of rotatable bonds is 6. The van der Waals surface area contributed by atoms with Crippen LogP contribution in [0.4, 0.5) is 4.79 Å². The van der Waals surface area contributed by atoms with Gasteiger partial charge in [-0.25, -0.2) is 9.78 Å². The Balaban J connectivity index is 1.60. The van der Waals surface area contributed by atoms with Gasteiger partial charge in [0.25, 0.3) is 0 Å². The van der Waals surface area contributed by atoms with Crippen LogP contribution in [-0.4, -0.2) is 33.4 Å². The second kappa shape index (κ2) is 6.57. The molecule has 0 unspecified atom stereocenters. The molecule has 2 aromatic rings. The first kappa shape index (κ1) is 15.2. The number of imidazole rings is 1. The van der Waals surface area contributed by atoms with Crippen LogP contribution < -0.4 is 5.32 Å². The maximum Gasteiger partial charge on any atom is 0.317 e. The number of hydrogen-bond donors (Lipinski definition) is 1. The van der Waals surface area contributed by atoms with Crippen LogP contribution >= 0.6 is 11.6 Å². The number of aromatic nitrogens is 2. The van der Waals surface area contributed by atoms with Crippen LogP contribution in [0.25, 0.3) is 5.65 Å². The van der Waals surface area contributed by atoms with Gasteiger partial charge >= 0.3 is 6.03 Å².